The van der Waals surface area contributed by atoms with Crippen LogP contribution in [0.3, 0.4) is 0 Å². The lowest BCUT2D eigenvalue weighted by Gasteiger charge is -2.19. The first kappa shape index (κ1) is 22.0. The van der Waals surface area contributed by atoms with Gasteiger partial charge in [-0.3, -0.25) is 0 Å². The monoisotopic (exact) mass is 394 g/mol. The number of carboxylic acids is 1. The summed E-state index contributed by atoms with van der Waals surface area (Å²) in [5, 5.41) is 22.5. The summed E-state index contributed by atoms with van der Waals surface area (Å²) in [6, 6.07) is 2.21. The summed E-state index contributed by atoms with van der Waals surface area (Å²) < 4.78 is 46.2. The second-order valence-electron chi connectivity index (χ2n) is 5.49. The summed E-state index contributed by atoms with van der Waals surface area (Å²) in [6.07, 6.45) is -4.67. The van der Waals surface area contributed by atoms with Crippen molar-refractivity contribution >= 4 is 23.7 Å². The summed E-state index contributed by atoms with van der Waals surface area (Å²) in [5.41, 5.74) is -2.59. The van der Waals surface area contributed by atoms with Crippen molar-refractivity contribution in [2.45, 2.75) is 18.7 Å². The molecule has 27 heavy (non-hydrogen) atoms. The molecule has 0 aliphatic carbocycles. The van der Waals surface area contributed by atoms with E-state index < -0.39 is 48.6 Å². The zero-order chi connectivity index (χ0) is 20.8. The predicted molar refractivity (Wildman–Crippen MR) is 84.6 cm³/mol. The van der Waals surface area contributed by atoms with Crippen LogP contribution in [0, 0.1) is 0 Å². The lowest BCUT2D eigenvalue weighted by molar-refractivity contribution is -0.155. The Morgan fingerprint density at radius 1 is 1.22 bits per heavy atom. The van der Waals surface area contributed by atoms with Crippen molar-refractivity contribution in [3.05, 3.63) is 23.8 Å². The van der Waals surface area contributed by atoms with Crippen LogP contribution in [-0.4, -0.2) is 60.2 Å². The van der Waals surface area contributed by atoms with Crippen LogP contribution in [0.25, 0.3) is 0 Å². The Morgan fingerprint density at radius 3 is 2.37 bits per heavy atom. The second kappa shape index (κ2) is 8.58. The van der Waals surface area contributed by atoms with Crippen LogP contribution >= 0.6 is 0 Å². The van der Waals surface area contributed by atoms with E-state index in [2.05, 4.69) is 20.1 Å². The zero-order valence-corrected chi connectivity index (χ0v) is 14.2. The molecule has 0 saturated carbocycles. The van der Waals surface area contributed by atoms with Crippen molar-refractivity contribution in [3.63, 3.8) is 0 Å². The number of anilines is 1. The number of ether oxygens (including phenoxy) is 2. The van der Waals surface area contributed by atoms with E-state index in [1.807, 2.05) is 0 Å². The molecule has 0 aliphatic rings. The number of benzene rings is 1. The van der Waals surface area contributed by atoms with Gasteiger partial charge in [0.2, 0.25) is 0 Å². The Balaban J connectivity index is 2.95. The third kappa shape index (κ3) is 7.01. The van der Waals surface area contributed by atoms with Gasteiger partial charge in [-0.05, 0) is 25.1 Å². The van der Waals surface area contributed by atoms with Gasteiger partial charge in [-0.2, -0.15) is 13.2 Å². The van der Waals surface area contributed by atoms with Crippen molar-refractivity contribution in [3.8, 4) is 5.75 Å². The van der Waals surface area contributed by atoms with Gasteiger partial charge in [-0.1, -0.05) is 0 Å². The maximum atomic E-state index is 12.4. The van der Waals surface area contributed by atoms with E-state index in [9.17, 15) is 32.7 Å². The van der Waals surface area contributed by atoms with Gasteiger partial charge in [-0.15, -0.1) is 0 Å². The van der Waals surface area contributed by atoms with E-state index in [0.717, 1.165) is 26.2 Å². The summed E-state index contributed by atoms with van der Waals surface area (Å²) in [7, 11) is 1.08. The number of hydrogen-bond donors (Lipinski definition) is 4. The van der Waals surface area contributed by atoms with Crippen LogP contribution in [-0.2, 0) is 9.53 Å². The number of carbonyl (C=O) groups excluding carboxylic acids is 2. The predicted octanol–water partition coefficient (Wildman–Crippen LogP) is 1.37. The molecule has 150 valence electrons. The number of esters is 1. The number of aliphatic hydroxyl groups is 1. The van der Waals surface area contributed by atoms with Gasteiger partial charge in [0.1, 0.15) is 5.75 Å². The normalized spacial score (nSPS) is 13.3. The van der Waals surface area contributed by atoms with Crippen LogP contribution in [0.15, 0.2) is 18.2 Å². The molecule has 2 amide bonds. The van der Waals surface area contributed by atoms with Gasteiger partial charge in [0, 0.05) is 0 Å². The second-order valence-corrected chi connectivity index (χ2v) is 5.49. The van der Waals surface area contributed by atoms with E-state index in [-0.39, 0.29) is 11.3 Å². The minimum Gasteiger partial charge on any atom is -0.482 e. The molecular weight excluding hydrogens is 377 g/mol. The molecule has 9 nitrogen and oxygen atoms in total. The van der Waals surface area contributed by atoms with E-state index >= 15 is 0 Å². The number of urea groups is 1. The number of hydrogen-bond acceptors (Lipinski definition) is 6. The Morgan fingerprint density at radius 2 is 1.85 bits per heavy atom. The van der Waals surface area contributed by atoms with Crippen molar-refractivity contribution in [1.29, 1.82) is 0 Å². The number of rotatable bonds is 7. The molecule has 0 bridgehead atoms. The van der Waals surface area contributed by atoms with E-state index in [4.69, 9.17) is 5.11 Å². The highest BCUT2D eigenvalue weighted by molar-refractivity contribution is 5.94. The molecule has 0 spiro atoms. The summed E-state index contributed by atoms with van der Waals surface area (Å²) >= 11 is 0. The largest absolute Gasteiger partial charge is 0.482 e. The van der Waals surface area contributed by atoms with Crippen LogP contribution in [0.1, 0.15) is 17.3 Å². The molecule has 12 heteroatoms. The Kier molecular flexibility index (Phi) is 6.99. The summed E-state index contributed by atoms with van der Waals surface area (Å²) in [4.78, 5) is 34.1. The molecule has 1 rings (SSSR count). The highest BCUT2D eigenvalue weighted by Gasteiger charge is 2.31. The lowest BCUT2D eigenvalue weighted by atomic mass is 10.1. The van der Waals surface area contributed by atoms with E-state index in [0.29, 0.717) is 0 Å². The van der Waals surface area contributed by atoms with Crippen molar-refractivity contribution in [2.75, 3.05) is 25.6 Å². The van der Waals surface area contributed by atoms with E-state index in [1.165, 1.54) is 6.07 Å². The number of amides is 2. The van der Waals surface area contributed by atoms with Crippen molar-refractivity contribution in [2.24, 2.45) is 0 Å². The van der Waals surface area contributed by atoms with Gasteiger partial charge >= 0.3 is 24.1 Å². The number of alkyl halides is 3. The quantitative estimate of drug-likeness (QED) is 0.513. The van der Waals surface area contributed by atoms with Crippen molar-refractivity contribution < 1.29 is 47.2 Å². The topological polar surface area (TPSA) is 134 Å². The SMILES string of the molecule is COC(=O)c1ccc(NC(=O)NCC(C)(O)C(=O)O)c(OCC(F)(F)F)c1. The standard InChI is InChI=1S/C15H17F3N2O7/c1-14(25,12(22)23)6-19-13(24)20-9-4-3-8(11(21)26-2)5-10(9)27-7-15(16,17)18/h3-5,25H,6-7H2,1-2H3,(H,22,23)(H2,19,20,24). The molecule has 0 radical (unpaired) electrons. The van der Waals surface area contributed by atoms with Gasteiger partial charge in [-0.25, -0.2) is 14.4 Å². The van der Waals surface area contributed by atoms with Crippen molar-refractivity contribution in [1.82, 2.24) is 5.32 Å². The fraction of sp³-hybridized carbons (Fsp3) is 0.400. The summed E-state index contributed by atoms with van der Waals surface area (Å²) in [5.74, 6) is -2.88. The van der Waals surface area contributed by atoms with Gasteiger partial charge in [0.25, 0.3) is 0 Å². The Bertz CT molecular complexity index is 720. The highest BCUT2D eigenvalue weighted by atomic mass is 19.4. The molecule has 0 heterocycles. The molecule has 0 fully saturated rings. The molecule has 4 N–H and O–H groups in total. The van der Waals surface area contributed by atoms with Crippen LogP contribution in [0.2, 0.25) is 0 Å². The number of carbonyl (C=O) groups is 3. The van der Waals surface area contributed by atoms with Crippen LogP contribution in [0.5, 0.6) is 5.75 Å². The minimum atomic E-state index is -4.67. The minimum absolute atomic E-state index is 0.116. The Hall–Kier alpha value is -3.02. The van der Waals surface area contributed by atoms with Crippen LogP contribution in [0.4, 0.5) is 23.7 Å². The molecule has 1 aromatic rings. The highest BCUT2D eigenvalue weighted by Crippen LogP contribution is 2.28. The fourth-order valence-electron chi connectivity index (χ4n) is 1.64. The van der Waals surface area contributed by atoms with E-state index in [1.54, 1.807) is 0 Å². The van der Waals surface area contributed by atoms with Gasteiger partial charge in [0.15, 0.2) is 12.2 Å². The fourth-order valence-corrected chi connectivity index (χ4v) is 1.64. The van der Waals surface area contributed by atoms with Gasteiger partial charge in [0.05, 0.1) is 24.9 Å². The lowest BCUT2D eigenvalue weighted by Crippen LogP contribution is -2.47. The smallest absolute Gasteiger partial charge is 0.422 e. The molecule has 0 aliphatic heterocycles. The number of halogens is 3. The first-order valence-electron chi connectivity index (χ1n) is 7.28. The maximum Gasteiger partial charge on any atom is 0.422 e. The average Bonchev–Trinajstić information content (AvgIpc) is 2.57. The molecule has 0 saturated heterocycles. The number of aliphatic carboxylic acids is 1. The third-order valence-corrected chi connectivity index (χ3v) is 3.10. The number of carboxylic acid groups (broad SMARTS) is 1. The molecule has 1 aromatic carbocycles. The number of nitrogens with one attached hydrogen (secondary N) is 2. The average molecular weight is 394 g/mol. The van der Waals surface area contributed by atoms with Gasteiger partial charge < -0.3 is 30.3 Å². The first-order valence-corrected chi connectivity index (χ1v) is 7.28. The van der Waals surface area contributed by atoms with Crippen LogP contribution < -0.4 is 15.4 Å². The third-order valence-electron chi connectivity index (χ3n) is 3.10. The first-order chi connectivity index (χ1) is 12.4. The molecule has 0 aromatic heterocycles. The zero-order valence-electron chi connectivity index (χ0n) is 14.2. The molecule has 1 unspecified atom stereocenters. The Labute approximate surface area is 151 Å². The molecular formula is C15H17F3N2O7. The summed E-state index contributed by atoms with van der Waals surface area (Å²) in [6.45, 7) is -1.41. The number of methoxy groups -OCH3 is 1. The maximum absolute atomic E-state index is 12.4. The molecule has 1 atom stereocenters.